The molecule has 2 atom stereocenters. The topological polar surface area (TPSA) is 92.4 Å². The number of rotatable bonds is 13. The molecule has 0 aromatic heterocycles. The Bertz CT molecular complexity index is 878. The van der Waals surface area contributed by atoms with Gasteiger partial charge in [-0.2, -0.15) is 0 Å². The summed E-state index contributed by atoms with van der Waals surface area (Å²) in [6.07, 6.45) is 8.14. The molecule has 0 saturated carbocycles. The molecule has 0 aliphatic rings. The Hall–Kier alpha value is -1.47. The van der Waals surface area contributed by atoms with Crippen molar-refractivity contribution in [2.45, 2.75) is 60.3 Å². The van der Waals surface area contributed by atoms with E-state index in [9.17, 15) is 9.59 Å². The first-order valence-corrected chi connectivity index (χ1v) is 13.7. The fourth-order valence-corrected chi connectivity index (χ4v) is 3.62. The molecular formula is C29H45Cl3N2O3. The number of aliphatic hydroxyl groups is 1. The van der Waals surface area contributed by atoms with E-state index in [0.29, 0.717) is 41.0 Å². The van der Waals surface area contributed by atoms with Gasteiger partial charge in [0.2, 0.25) is 0 Å². The number of hydrogen-bond donors (Lipinski definition) is 3. The van der Waals surface area contributed by atoms with Crippen LogP contribution in [-0.2, 0) is 9.59 Å². The first kappa shape index (κ1) is 37.7. The zero-order chi connectivity index (χ0) is 29.0. The molecule has 0 heterocycles. The molecule has 0 aliphatic heterocycles. The van der Waals surface area contributed by atoms with Gasteiger partial charge in [0, 0.05) is 42.4 Å². The highest BCUT2D eigenvalue weighted by Gasteiger charge is 2.30. The van der Waals surface area contributed by atoms with Crippen molar-refractivity contribution in [1.82, 2.24) is 5.32 Å². The third-order valence-corrected chi connectivity index (χ3v) is 6.09. The second kappa shape index (κ2) is 21.5. The maximum absolute atomic E-state index is 12.2. The van der Waals surface area contributed by atoms with E-state index in [-0.39, 0.29) is 36.6 Å². The van der Waals surface area contributed by atoms with E-state index in [1.165, 1.54) is 0 Å². The molecule has 4 N–H and O–H groups in total. The van der Waals surface area contributed by atoms with Gasteiger partial charge in [-0.3, -0.25) is 9.59 Å². The summed E-state index contributed by atoms with van der Waals surface area (Å²) in [5.41, 5.74) is 6.09. The van der Waals surface area contributed by atoms with Gasteiger partial charge in [-0.25, -0.2) is 0 Å². The molecule has 1 rings (SSSR count). The molecule has 0 aliphatic carbocycles. The molecule has 0 spiro atoms. The molecule has 0 radical (unpaired) electrons. The average molecular weight is 576 g/mol. The third-order valence-electron chi connectivity index (χ3n) is 5.10. The van der Waals surface area contributed by atoms with Crippen LogP contribution in [0.4, 0.5) is 0 Å². The molecule has 0 saturated heterocycles. The minimum absolute atomic E-state index is 0.0639. The molecular weight excluding hydrogens is 531 g/mol. The Kier molecular flexibility index (Phi) is 21.9. The lowest BCUT2D eigenvalue weighted by Gasteiger charge is -2.24. The van der Waals surface area contributed by atoms with E-state index in [2.05, 4.69) is 11.9 Å². The number of Topliss-reactive ketones (excluding diaryl/α,β-unsaturated/α-hetero) is 2. The highest BCUT2D eigenvalue weighted by molar-refractivity contribution is 6.42. The molecule has 37 heavy (non-hydrogen) atoms. The summed E-state index contributed by atoms with van der Waals surface area (Å²) in [6.45, 7) is 16.5. The molecule has 5 nitrogen and oxygen atoms in total. The fraction of sp³-hybridized carbons (Fsp3) is 0.517. The lowest BCUT2D eigenvalue weighted by molar-refractivity contribution is -0.127. The SMILES string of the molecule is C=C/C=C(Cl)\C=C/CC(CNCCO)C(=O)CC.CC.CC(C)(C)C(=O)C(CN)c1ccc(Cl)c(Cl)c1. The quantitative estimate of drug-likeness (QED) is 0.172. The van der Waals surface area contributed by atoms with E-state index in [1.54, 1.807) is 36.4 Å². The number of halogens is 3. The Balaban J connectivity index is 0. The fourth-order valence-electron chi connectivity index (χ4n) is 3.13. The number of hydrogen-bond acceptors (Lipinski definition) is 5. The minimum atomic E-state index is -0.420. The molecule has 0 bridgehead atoms. The van der Waals surface area contributed by atoms with Gasteiger partial charge in [0.25, 0.3) is 0 Å². The summed E-state index contributed by atoms with van der Waals surface area (Å²) in [5.74, 6) is -0.0666. The minimum Gasteiger partial charge on any atom is -0.395 e. The van der Waals surface area contributed by atoms with Crippen LogP contribution < -0.4 is 11.1 Å². The standard InChI is InChI=1S/C14H22ClNO2.C13H17Cl2NO.C2H6/c1-3-6-13(15)8-5-7-12(14(18)4-2)11-16-9-10-17;1-13(2,3)12(17)9(7-16)8-4-5-10(14)11(15)6-8;1-2/h3,5-6,8,12,16-17H,1,4,7,9-11H2,2H3;4-6,9H,7,16H2,1-3H3;1-2H3/b8-5-,13-6+;;. The van der Waals surface area contributed by atoms with Crippen molar-refractivity contribution in [3.8, 4) is 0 Å². The molecule has 2 unspecified atom stereocenters. The van der Waals surface area contributed by atoms with Gasteiger partial charge in [0.1, 0.15) is 11.6 Å². The second-order valence-electron chi connectivity index (χ2n) is 8.95. The van der Waals surface area contributed by atoms with Crippen LogP contribution in [0.25, 0.3) is 0 Å². The molecule has 210 valence electrons. The normalized spacial score (nSPS) is 13.1. The van der Waals surface area contributed by atoms with E-state index >= 15 is 0 Å². The first-order valence-electron chi connectivity index (χ1n) is 12.6. The van der Waals surface area contributed by atoms with Crippen molar-refractivity contribution < 1.29 is 14.7 Å². The summed E-state index contributed by atoms with van der Waals surface area (Å²) in [5, 5.41) is 13.3. The number of ketones is 2. The number of nitrogens with one attached hydrogen (secondary N) is 1. The first-order chi connectivity index (χ1) is 17.4. The summed E-state index contributed by atoms with van der Waals surface area (Å²) in [6, 6.07) is 5.21. The second-order valence-corrected chi connectivity index (χ2v) is 10.2. The summed E-state index contributed by atoms with van der Waals surface area (Å²) in [4.78, 5) is 23.9. The Morgan fingerprint density at radius 1 is 1.19 bits per heavy atom. The zero-order valence-corrected chi connectivity index (χ0v) is 25.4. The van der Waals surface area contributed by atoms with Crippen LogP contribution in [0.5, 0.6) is 0 Å². The smallest absolute Gasteiger partial charge is 0.146 e. The van der Waals surface area contributed by atoms with Crippen molar-refractivity contribution in [3.63, 3.8) is 0 Å². The van der Waals surface area contributed by atoms with Crippen molar-refractivity contribution in [2.24, 2.45) is 17.1 Å². The number of benzene rings is 1. The van der Waals surface area contributed by atoms with Gasteiger partial charge >= 0.3 is 0 Å². The Morgan fingerprint density at radius 2 is 1.81 bits per heavy atom. The van der Waals surface area contributed by atoms with E-state index in [0.717, 1.165) is 5.56 Å². The third kappa shape index (κ3) is 16.2. The molecule has 0 fully saturated rings. The number of nitrogens with two attached hydrogens (primary N) is 1. The van der Waals surface area contributed by atoms with Crippen LogP contribution in [0.1, 0.15) is 65.9 Å². The average Bonchev–Trinajstić information content (AvgIpc) is 2.86. The lowest BCUT2D eigenvalue weighted by Crippen LogP contribution is -2.31. The van der Waals surface area contributed by atoms with Crippen LogP contribution in [0, 0.1) is 11.3 Å². The van der Waals surface area contributed by atoms with E-state index in [4.69, 9.17) is 45.6 Å². The van der Waals surface area contributed by atoms with Crippen LogP contribution in [0.2, 0.25) is 10.0 Å². The van der Waals surface area contributed by atoms with Crippen LogP contribution in [0.15, 0.2) is 54.1 Å². The molecule has 8 heteroatoms. The van der Waals surface area contributed by atoms with Gasteiger partial charge in [-0.1, -0.05) is 101 Å². The summed E-state index contributed by atoms with van der Waals surface area (Å²) < 4.78 is 0. The number of carbonyl (C=O) groups excluding carboxylic acids is 2. The Labute approximate surface area is 239 Å². The monoisotopic (exact) mass is 574 g/mol. The van der Waals surface area contributed by atoms with Crippen molar-refractivity contribution in [1.29, 1.82) is 0 Å². The van der Waals surface area contributed by atoms with Crippen molar-refractivity contribution in [2.75, 3.05) is 26.2 Å². The highest BCUT2D eigenvalue weighted by Crippen LogP contribution is 2.30. The van der Waals surface area contributed by atoms with Crippen LogP contribution >= 0.6 is 34.8 Å². The summed E-state index contributed by atoms with van der Waals surface area (Å²) in [7, 11) is 0. The predicted molar refractivity (Wildman–Crippen MR) is 161 cm³/mol. The van der Waals surface area contributed by atoms with Crippen LogP contribution in [0.3, 0.4) is 0 Å². The molecule has 0 amide bonds. The highest BCUT2D eigenvalue weighted by atomic mass is 35.5. The number of carbonyl (C=O) groups is 2. The van der Waals surface area contributed by atoms with E-state index in [1.807, 2.05) is 47.6 Å². The van der Waals surface area contributed by atoms with Gasteiger partial charge < -0.3 is 16.2 Å². The number of aliphatic hydroxyl groups excluding tert-OH is 1. The molecule has 1 aromatic rings. The Morgan fingerprint density at radius 3 is 2.27 bits per heavy atom. The maximum Gasteiger partial charge on any atom is 0.146 e. The predicted octanol–water partition coefficient (Wildman–Crippen LogP) is 7.10. The maximum atomic E-state index is 12.2. The summed E-state index contributed by atoms with van der Waals surface area (Å²) >= 11 is 17.7. The van der Waals surface area contributed by atoms with E-state index < -0.39 is 5.41 Å². The number of allylic oxidation sites excluding steroid dienone is 5. The zero-order valence-electron chi connectivity index (χ0n) is 23.1. The lowest BCUT2D eigenvalue weighted by atomic mass is 9.80. The molecule has 1 aromatic carbocycles. The van der Waals surface area contributed by atoms with Gasteiger partial charge in [0.05, 0.1) is 22.6 Å². The van der Waals surface area contributed by atoms with Gasteiger partial charge in [-0.15, -0.1) is 0 Å². The van der Waals surface area contributed by atoms with Gasteiger partial charge in [0.15, 0.2) is 0 Å². The largest absolute Gasteiger partial charge is 0.395 e. The van der Waals surface area contributed by atoms with Crippen molar-refractivity contribution >= 4 is 46.4 Å². The van der Waals surface area contributed by atoms with Crippen LogP contribution in [-0.4, -0.2) is 42.9 Å². The van der Waals surface area contributed by atoms with Gasteiger partial charge in [-0.05, 0) is 36.3 Å². The van der Waals surface area contributed by atoms with Crippen molar-refractivity contribution in [3.05, 3.63) is 69.7 Å².